The van der Waals surface area contributed by atoms with Gasteiger partial charge in [-0.1, -0.05) is 18.5 Å². The molecule has 4 rings (SSSR count). The van der Waals surface area contributed by atoms with Crippen LogP contribution in [0.15, 0.2) is 23.9 Å². The standard InChI is InChI=1S/C22H25ClFN5O2/c1-11-7-26-8-19(11)31-18-6-14(24)4-5-15(18)22(30)29-9-16(17(25)10-29)21-27-12(2)20(23)13(3)28-21/h4-6,11,19,26H,7-10,25H2,1-3H3/t11-,19?/m0/s1. The Labute approximate surface area is 185 Å². The van der Waals surface area contributed by atoms with Gasteiger partial charge in [0, 0.05) is 36.3 Å². The fraction of sp³-hybridized carbons (Fsp3) is 0.409. The second kappa shape index (κ2) is 8.43. The predicted molar refractivity (Wildman–Crippen MR) is 116 cm³/mol. The predicted octanol–water partition coefficient (Wildman–Crippen LogP) is 2.70. The van der Waals surface area contributed by atoms with E-state index in [0.29, 0.717) is 45.6 Å². The average Bonchev–Trinajstić information content (AvgIpc) is 3.31. The Kier molecular flexibility index (Phi) is 5.85. The molecule has 2 aromatic rings. The van der Waals surface area contributed by atoms with Crippen LogP contribution in [-0.4, -0.2) is 53.1 Å². The van der Waals surface area contributed by atoms with Crippen molar-refractivity contribution in [3.05, 3.63) is 57.5 Å². The van der Waals surface area contributed by atoms with E-state index in [1.54, 1.807) is 18.7 Å². The van der Waals surface area contributed by atoms with E-state index in [0.717, 1.165) is 6.54 Å². The van der Waals surface area contributed by atoms with Crippen LogP contribution in [0.3, 0.4) is 0 Å². The van der Waals surface area contributed by atoms with Gasteiger partial charge in [-0.05, 0) is 26.0 Å². The van der Waals surface area contributed by atoms with Crippen molar-refractivity contribution in [3.8, 4) is 5.75 Å². The van der Waals surface area contributed by atoms with Crippen LogP contribution < -0.4 is 15.8 Å². The fourth-order valence-corrected chi connectivity index (χ4v) is 3.98. The summed E-state index contributed by atoms with van der Waals surface area (Å²) in [5.41, 5.74) is 9.07. The van der Waals surface area contributed by atoms with Gasteiger partial charge in [-0.25, -0.2) is 14.4 Å². The lowest BCUT2D eigenvalue weighted by atomic mass is 10.1. The Hall–Kier alpha value is -2.71. The van der Waals surface area contributed by atoms with Crippen molar-refractivity contribution >= 4 is 23.1 Å². The number of nitrogens with one attached hydrogen (secondary N) is 1. The molecule has 0 aliphatic carbocycles. The van der Waals surface area contributed by atoms with Gasteiger partial charge in [-0.3, -0.25) is 4.79 Å². The van der Waals surface area contributed by atoms with Crippen LogP contribution in [0.5, 0.6) is 5.75 Å². The summed E-state index contributed by atoms with van der Waals surface area (Å²) in [4.78, 5) is 23.8. The fourth-order valence-electron chi connectivity index (χ4n) is 3.89. The van der Waals surface area contributed by atoms with Gasteiger partial charge in [-0.15, -0.1) is 0 Å². The lowest BCUT2D eigenvalue weighted by Crippen LogP contribution is -2.32. The van der Waals surface area contributed by atoms with Gasteiger partial charge in [0.1, 0.15) is 17.7 Å². The summed E-state index contributed by atoms with van der Waals surface area (Å²) in [6.45, 7) is 7.62. The van der Waals surface area contributed by atoms with E-state index in [4.69, 9.17) is 22.1 Å². The van der Waals surface area contributed by atoms with E-state index in [1.165, 1.54) is 18.2 Å². The molecule has 2 aliphatic heterocycles. The molecule has 3 N–H and O–H groups in total. The summed E-state index contributed by atoms with van der Waals surface area (Å²) < 4.78 is 20.0. The van der Waals surface area contributed by atoms with Crippen molar-refractivity contribution in [1.29, 1.82) is 0 Å². The first-order valence-electron chi connectivity index (χ1n) is 10.2. The summed E-state index contributed by atoms with van der Waals surface area (Å²) in [6.07, 6.45) is -0.126. The van der Waals surface area contributed by atoms with E-state index in [2.05, 4.69) is 22.2 Å². The van der Waals surface area contributed by atoms with E-state index in [-0.39, 0.29) is 36.8 Å². The normalized spacial score (nSPS) is 21.1. The smallest absolute Gasteiger partial charge is 0.258 e. The van der Waals surface area contributed by atoms with Crippen molar-refractivity contribution in [2.75, 3.05) is 26.2 Å². The third kappa shape index (κ3) is 4.22. The Morgan fingerprint density at radius 1 is 1.26 bits per heavy atom. The molecule has 2 aliphatic rings. The lowest BCUT2D eigenvalue weighted by Gasteiger charge is -2.22. The number of ether oxygens (including phenoxy) is 1. The molecule has 0 radical (unpaired) electrons. The lowest BCUT2D eigenvalue weighted by molar-refractivity contribution is 0.0789. The SMILES string of the molecule is Cc1nc(C2=C(N)CN(C(=O)c3ccc(F)cc3OC3CNC[C@@H]3C)C2)nc(C)c1Cl. The molecule has 3 heterocycles. The molecule has 1 aromatic heterocycles. The highest BCUT2D eigenvalue weighted by Gasteiger charge is 2.31. The first kappa shape index (κ1) is 21.5. The van der Waals surface area contributed by atoms with Crippen LogP contribution in [0.4, 0.5) is 4.39 Å². The summed E-state index contributed by atoms with van der Waals surface area (Å²) in [5, 5.41) is 3.75. The Bertz CT molecular complexity index is 1050. The number of benzene rings is 1. The number of nitrogens with zero attached hydrogens (tertiary/aromatic N) is 3. The van der Waals surface area contributed by atoms with Crippen LogP contribution >= 0.6 is 11.6 Å². The first-order chi connectivity index (χ1) is 14.7. The molecular formula is C22H25ClFN5O2. The topological polar surface area (TPSA) is 93.4 Å². The Morgan fingerprint density at radius 2 is 1.97 bits per heavy atom. The van der Waals surface area contributed by atoms with Gasteiger partial charge >= 0.3 is 0 Å². The van der Waals surface area contributed by atoms with Crippen LogP contribution in [0.2, 0.25) is 5.02 Å². The molecular weight excluding hydrogens is 421 g/mol. The molecule has 9 heteroatoms. The summed E-state index contributed by atoms with van der Waals surface area (Å²) >= 11 is 6.18. The number of nitrogens with two attached hydrogens (primary N) is 1. The maximum absolute atomic E-state index is 13.9. The van der Waals surface area contributed by atoms with Crippen LogP contribution in [0.1, 0.15) is 34.5 Å². The van der Waals surface area contributed by atoms with Crippen molar-refractivity contribution in [1.82, 2.24) is 20.2 Å². The molecule has 1 unspecified atom stereocenters. The molecule has 0 spiro atoms. The van der Waals surface area contributed by atoms with Gasteiger partial charge in [0.15, 0.2) is 5.82 Å². The number of carbonyl (C=O) groups excluding carboxylic acids is 1. The average molecular weight is 446 g/mol. The van der Waals surface area contributed by atoms with E-state index < -0.39 is 5.82 Å². The Balaban J connectivity index is 1.57. The minimum atomic E-state index is -0.453. The molecule has 7 nitrogen and oxygen atoms in total. The van der Waals surface area contributed by atoms with Crippen LogP contribution in [0.25, 0.3) is 5.57 Å². The minimum Gasteiger partial charge on any atom is -0.488 e. The molecule has 0 saturated carbocycles. The number of amides is 1. The first-order valence-corrected chi connectivity index (χ1v) is 10.6. The number of carbonyl (C=O) groups is 1. The third-order valence-corrected chi connectivity index (χ3v) is 6.28. The number of hydrogen-bond donors (Lipinski definition) is 2. The van der Waals surface area contributed by atoms with Crippen LogP contribution in [-0.2, 0) is 0 Å². The number of aromatic nitrogens is 2. The molecule has 164 valence electrons. The number of rotatable bonds is 4. The highest BCUT2D eigenvalue weighted by Crippen LogP contribution is 2.30. The number of aryl methyl sites for hydroxylation is 2. The van der Waals surface area contributed by atoms with Crippen LogP contribution in [0, 0.1) is 25.6 Å². The molecule has 31 heavy (non-hydrogen) atoms. The molecule has 1 saturated heterocycles. The summed E-state index contributed by atoms with van der Waals surface area (Å²) in [6, 6.07) is 3.99. The quantitative estimate of drug-likeness (QED) is 0.751. The monoisotopic (exact) mass is 445 g/mol. The van der Waals surface area contributed by atoms with Crippen molar-refractivity contribution in [3.63, 3.8) is 0 Å². The van der Waals surface area contributed by atoms with Gasteiger partial charge in [0.05, 0.1) is 35.1 Å². The zero-order valence-electron chi connectivity index (χ0n) is 17.7. The molecule has 1 aromatic carbocycles. The number of hydrogen-bond acceptors (Lipinski definition) is 6. The molecule has 1 amide bonds. The summed E-state index contributed by atoms with van der Waals surface area (Å²) in [5.74, 6) is 0.232. The third-order valence-electron chi connectivity index (χ3n) is 5.74. The molecule has 1 fully saturated rings. The summed E-state index contributed by atoms with van der Waals surface area (Å²) in [7, 11) is 0. The Morgan fingerprint density at radius 3 is 2.61 bits per heavy atom. The van der Waals surface area contributed by atoms with Gasteiger partial charge < -0.3 is 20.7 Å². The number of halogens is 2. The van der Waals surface area contributed by atoms with E-state index >= 15 is 0 Å². The van der Waals surface area contributed by atoms with E-state index in [1.807, 2.05) is 0 Å². The van der Waals surface area contributed by atoms with E-state index in [9.17, 15) is 9.18 Å². The molecule has 2 atom stereocenters. The van der Waals surface area contributed by atoms with Gasteiger partial charge in [0.25, 0.3) is 5.91 Å². The van der Waals surface area contributed by atoms with Gasteiger partial charge in [-0.2, -0.15) is 0 Å². The highest BCUT2D eigenvalue weighted by atomic mass is 35.5. The highest BCUT2D eigenvalue weighted by molar-refractivity contribution is 6.31. The largest absolute Gasteiger partial charge is 0.488 e. The van der Waals surface area contributed by atoms with Gasteiger partial charge in [0.2, 0.25) is 0 Å². The zero-order valence-corrected chi connectivity index (χ0v) is 18.5. The second-order valence-corrected chi connectivity index (χ2v) is 8.51. The minimum absolute atomic E-state index is 0.126. The second-order valence-electron chi connectivity index (χ2n) is 8.13. The molecule has 0 bridgehead atoms. The zero-order chi connectivity index (χ0) is 22.3. The van der Waals surface area contributed by atoms with Crippen molar-refractivity contribution in [2.45, 2.75) is 26.9 Å². The van der Waals surface area contributed by atoms with Crippen molar-refractivity contribution in [2.24, 2.45) is 11.7 Å². The van der Waals surface area contributed by atoms with Crippen molar-refractivity contribution < 1.29 is 13.9 Å². The maximum atomic E-state index is 13.9. The maximum Gasteiger partial charge on any atom is 0.258 e.